The molecule has 1 unspecified atom stereocenters. The zero-order valence-electron chi connectivity index (χ0n) is 19.2. The molecule has 0 saturated carbocycles. The number of aromatic nitrogens is 4. The van der Waals surface area contributed by atoms with Crippen molar-refractivity contribution in [1.82, 2.24) is 19.7 Å². The summed E-state index contributed by atoms with van der Waals surface area (Å²) in [5.74, 6) is -0.484. The van der Waals surface area contributed by atoms with Gasteiger partial charge in [0.05, 0.1) is 12.2 Å². The molecule has 0 aliphatic carbocycles. The fourth-order valence-corrected chi connectivity index (χ4v) is 4.50. The summed E-state index contributed by atoms with van der Waals surface area (Å²) in [5.41, 5.74) is -0.0566. The number of amides is 1. The summed E-state index contributed by atoms with van der Waals surface area (Å²) in [6.45, 7) is 1.53. The van der Waals surface area contributed by atoms with Crippen LogP contribution in [0.25, 0.3) is 0 Å². The minimum atomic E-state index is -0.768. The smallest absolute Gasteiger partial charge is 0.297 e. The quantitative estimate of drug-likeness (QED) is 0.418. The molecule has 1 aliphatic rings. The van der Waals surface area contributed by atoms with Gasteiger partial charge in [-0.2, -0.15) is 0 Å². The van der Waals surface area contributed by atoms with E-state index >= 15 is 0 Å². The minimum absolute atomic E-state index is 0.221. The Bertz CT molecular complexity index is 1440. The molecule has 4 heterocycles. The van der Waals surface area contributed by atoms with Crippen LogP contribution in [0.2, 0.25) is 5.02 Å². The van der Waals surface area contributed by atoms with Crippen LogP contribution in [0.15, 0.2) is 70.4 Å². The molecule has 0 bridgehead atoms. The van der Waals surface area contributed by atoms with E-state index in [1.807, 2.05) is 41.3 Å². The minimum Gasteiger partial charge on any atom is -0.501 e. The van der Waals surface area contributed by atoms with Crippen LogP contribution in [-0.4, -0.2) is 50.3 Å². The number of aromatic hydroxyl groups is 1. The van der Waals surface area contributed by atoms with Crippen molar-refractivity contribution in [2.24, 2.45) is 7.05 Å². The molecular weight excluding hydrogens is 486 g/mol. The molecule has 11 nitrogen and oxygen atoms in total. The first-order valence-corrected chi connectivity index (χ1v) is 11.5. The molecular formula is C24H22ClN7O4. The van der Waals surface area contributed by atoms with E-state index in [1.54, 1.807) is 12.3 Å². The van der Waals surface area contributed by atoms with Crippen molar-refractivity contribution in [3.05, 3.63) is 87.8 Å². The topological polar surface area (TPSA) is 130 Å². The lowest BCUT2D eigenvalue weighted by Crippen LogP contribution is -2.50. The summed E-state index contributed by atoms with van der Waals surface area (Å²) in [6.07, 6.45) is 4.25. The summed E-state index contributed by atoms with van der Waals surface area (Å²) in [7, 11) is 1.50. The van der Waals surface area contributed by atoms with Gasteiger partial charge in [0.25, 0.3) is 11.5 Å². The number of rotatable bonds is 5. The molecule has 36 heavy (non-hydrogen) atoms. The summed E-state index contributed by atoms with van der Waals surface area (Å²) in [4.78, 5) is 38.8. The maximum atomic E-state index is 12.9. The van der Waals surface area contributed by atoms with Crippen LogP contribution in [-0.2, 0) is 7.05 Å². The maximum absolute atomic E-state index is 12.9. The van der Waals surface area contributed by atoms with E-state index < -0.39 is 22.9 Å². The summed E-state index contributed by atoms with van der Waals surface area (Å²) in [5, 5.41) is 17.1. The van der Waals surface area contributed by atoms with Gasteiger partial charge >= 0.3 is 0 Å². The molecule has 3 aromatic heterocycles. The Labute approximate surface area is 210 Å². The van der Waals surface area contributed by atoms with Gasteiger partial charge < -0.3 is 24.7 Å². The van der Waals surface area contributed by atoms with Crippen molar-refractivity contribution < 1.29 is 14.4 Å². The number of anilines is 3. The highest BCUT2D eigenvalue weighted by Crippen LogP contribution is 2.34. The number of nitrogens with zero attached hydrogens (tertiary/aromatic N) is 6. The Balaban J connectivity index is 1.57. The molecule has 1 atom stereocenters. The molecule has 184 valence electrons. The number of nitrogens with one attached hydrogen (secondary N) is 1. The largest absolute Gasteiger partial charge is 0.501 e. The lowest BCUT2D eigenvalue weighted by Gasteiger charge is -2.43. The van der Waals surface area contributed by atoms with Gasteiger partial charge in [-0.15, -0.1) is 0 Å². The first-order valence-electron chi connectivity index (χ1n) is 11.1. The van der Waals surface area contributed by atoms with Crippen molar-refractivity contribution in [3.8, 4) is 5.75 Å². The van der Waals surface area contributed by atoms with Gasteiger partial charge in [0, 0.05) is 37.9 Å². The summed E-state index contributed by atoms with van der Waals surface area (Å²) >= 11 is 6.59. The van der Waals surface area contributed by atoms with E-state index in [4.69, 9.17) is 16.1 Å². The number of benzene rings is 1. The molecule has 0 radical (unpaired) electrons. The van der Waals surface area contributed by atoms with Crippen molar-refractivity contribution >= 4 is 35.0 Å². The lowest BCUT2D eigenvalue weighted by molar-refractivity contribution is 0.101. The average molecular weight is 508 g/mol. The molecule has 12 heteroatoms. The average Bonchev–Trinajstić information content (AvgIpc) is 3.41. The van der Waals surface area contributed by atoms with Crippen LogP contribution in [0, 0.1) is 0 Å². The second kappa shape index (κ2) is 9.70. The Morgan fingerprint density at radius 3 is 2.72 bits per heavy atom. The SMILES string of the molecule is Cn1c(N2CCN(c3ccccn3)CC2c2ccccc2Cl)nc(C(=O)Nc2cnoc2)c(O)c1=O. The normalized spacial score (nSPS) is 15.7. The fourth-order valence-electron chi connectivity index (χ4n) is 4.23. The fraction of sp³-hybridized carbons (Fsp3) is 0.208. The number of carbonyl (C=O) groups is 1. The number of carbonyl (C=O) groups excluding carboxylic acids is 1. The standard InChI is InChI=1S/C24H22ClN7O4/c1-30-23(35)21(33)20(22(34)28-15-12-27-36-14-15)29-24(30)32-11-10-31(19-8-4-5-9-26-19)13-18(32)16-6-2-3-7-17(16)25/h2-9,12,14,18,33H,10-11,13H2,1H3,(H,28,34). The third kappa shape index (κ3) is 4.36. The molecule has 1 aliphatic heterocycles. The first-order chi connectivity index (χ1) is 17.4. The predicted molar refractivity (Wildman–Crippen MR) is 134 cm³/mol. The molecule has 1 fully saturated rings. The Kier molecular flexibility index (Phi) is 6.30. The number of hydrogen-bond acceptors (Lipinski definition) is 9. The second-order valence-corrected chi connectivity index (χ2v) is 8.61. The van der Waals surface area contributed by atoms with Gasteiger partial charge in [-0.1, -0.05) is 41.0 Å². The van der Waals surface area contributed by atoms with Gasteiger partial charge in [-0.05, 0) is 23.8 Å². The molecule has 5 rings (SSSR count). The third-order valence-corrected chi connectivity index (χ3v) is 6.37. The van der Waals surface area contributed by atoms with E-state index in [9.17, 15) is 14.7 Å². The van der Waals surface area contributed by atoms with Crippen LogP contribution in [0.3, 0.4) is 0 Å². The first kappa shape index (κ1) is 23.4. The van der Waals surface area contributed by atoms with Gasteiger partial charge in [-0.25, -0.2) is 9.97 Å². The summed E-state index contributed by atoms with van der Waals surface area (Å²) in [6, 6.07) is 12.8. The molecule has 0 spiro atoms. The zero-order chi connectivity index (χ0) is 25.2. The highest BCUT2D eigenvalue weighted by atomic mass is 35.5. The zero-order valence-corrected chi connectivity index (χ0v) is 20.0. The van der Waals surface area contributed by atoms with Crippen LogP contribution in [0.1, 0.15) is 22.1 Å². The second-order valence-electron chi connectivity index (χ2n) is 8.21. The molecule has 1 saturated heterocycles. The number of hydrogen-bond donors (Lipinski definition) is 2. The van der Waals surface area contributed by atoms with E-state index in [0.29, 0.717) is 24.7 Å². The number of pyridine rings is 1. The van der Waals surface area contributed by atoms with Crippen LogP contribution in [0.5, 0.6) is 5.75 Å². The van der Waals surface area contributed by atoms with Crippen molar-refractivity contribution in [3.63, 3.8) is 0 Å². The monoisotopic (exact) mass is 507 g/mol. The van der Waals surface area contributed by atoms with E-state index in [2.05, 4.69) is 25.3 Å². The van der Waals surface area contributed by atoms with Gasteiger partial charge in [0.2, 0.25) is 11.7 Å². The third-order valence-electron chi connectivity index (χ3n) is 6.02. The lowest BCUT2D eigenvalue weighted by atomic mass is 10.0. The van der Waals surface area contributed by atoms with Crippen LogP contribution < -0.4 is 20.7 Å². The van der Waals surface area contributed by atoms with Gasteiger partial charge in [0.1, 0.15) is 17.8 Å². The van der Waals surface area contributed by atoms with Crippen LogP contribution in [0.4, 0.5) is 17.5 Å². The van der Waals surface area contributed by atoms with E-state index in [1.165, 1.54) is 24.1 Å². The Morgan fingerprint density at radius 1 is 1.19 bits per heavy atom. The van der Waals surface area contributed by atoms with E-state index in [0.717, 1.165) is 11.4 Å². The molecule has 1 aromatic carbocycles. The van der Waals surface area contributed by atoms with Crippen molar-refractivity contribution in [1.29, 1.82) is 0 Å². The number of halogens is 1. The Hall–Kier alpha value is -4.38. The number of piperazine rings is 1. The van der Waals surface area contributed by atoms with Crippen LogP contribution >= 0.6 is 11.6 Å². The summed E-state index contributed by atoms with van der Waals surface area (Å²) < 4.78 is 5.95. The molecule has 2 N–H and O–H groups in total. The highest BCUT2D eigenvalue weighted by molar-refractivity contribution is 6.31. The predicted octanol–water partition coefficient (Wildman–Crippen LogP) is 2.84. The highest BCUT2D eigenvalue weighted by Gasteiger charge is 2.34. The van der Waals surface area contributed by atoms with Crippen molar-refractivity contribution in [2.45, 2.75) is 6.04 Å². The Morgan fingerprint density at radius 2 is 2.00 bits per heavy atom. The van der Waals surface area contributed by atoms with Gasteiger partial charge in [0.15, 0.2) is 5.69 Å². The maximum Gasteiger partial charge on any atom is 0.297 e. The molecule has 1 amide bonds. The van der Waals surface area contributed by atoms with E-state index in [-0.39, 0.29) is 17.7 Å². The van der Waals surface area contributed by atoms with Crippen molar-refractivity contribution in [2.75, 3.05) is 34.8 Å². The van der Waals surface area contributed by atoms with Gasteiger partial charge in [-0.3, -0.25) is 14.2 Å². The molecule has 4 aromatic rings.